The zero-order chi connectivity index (χ0) is 6.10. The molecule has 0 unspecified atom stereocenters. The van der Waals surface area contributed by atoms with Crippen molar-refractivity contribution in [3.05, 3.63) is 6.20 Å². The molecule has 1 aromatic heterocycles. The highest BCUT2D eigenvalue weighted by Crippen LogP contribution is 2.16. The van der Waals surface area contributed by atoms with Crippen molar-refractivity contribution in [2.24, 2.45) is 5.10 Å². The minimum atomic E-state index is 0.924. The third kappa shape index (κ3) is 0.730. The van der Waals surface area contributed by atoms with Gasteiger partial charge in [0.05, 0.1) is 6.20 Å². The lowest BCUT2D eigenvalue weighted by molar-refractivity contribution is 0.645. The Labute approximate surface area is 55.9 Å². The van der Waals surface area contributed by atoms with E-state index in [1.807, 2.05) is 6.21 Å². The fourth-order valence-electron chi connectivity index (χ4n) is 0.628. The van der Waals surface area contributed by atoms with Crippen LogP contribution < -0.4 is 0 Å². The number of hydrogen-bond acceptors (Lipinski definition) is 4. The van der Waals surface area contributed by atoms with Crippen molar-refractivity contribution in [1.82, 2.24) is 15.1 Å². The lowest BCUT2D eigenvalue weighted by atomic mass is 10.9. The first-order chi connectivity index (χ1) is 4.47. The van der Waals surface area contributed by atoms with Crippen LogP contribution in [0.5, 0.6) is 0 Å². The Kier molecular flexibility index (Phi) is 1.02. The SMILES string of the molecule is C1=Nn2nncc2SC1. The topological polar surface area (TPSA) is 43.1 Å². The van der Waals surface area contributed by atoms with Crippen LogP contribution in [0.25, 0.3) is 0 Å². The van der Waals surface area contributed by atoms with Gasteiger partial charge in [-0.3, -0.25) is 0 Å². The van der Waals surface area contributed by atoms with Gasteiger partial charge in [0.2, 0.25) is 0 Å². The van der Waals surface area contributed by atoms with Crippen LogP contribution in [-0.4, -0.2) is 27.1 Å². The van der Waals surface area contributed by atoms with Gasteiger partial charge in [-0.05, 0) is 5.21 Å². The van der Waals surface area contributed by atoms with Crippen molar-refractivity contribution in [3.8, 4) is 0 Å². The highest BCUT2D eigenvalue weighted by atomic mass is 32.2. The maximum Gasteiger partial charge on any atom is 0.141 e. The van der Waals surface area contributed by atoms with Gasteiger partial charge in [-0.2, -0.15) is 5.10 Å². The molecular formula is C4H4N4S. The molecule has 1 aliphatic heterocycles. The van der Waals surface area contributed by atoms with Crippen LogP contribution in [0.3, 0.4) is 0 Å². The predicted molar refractivity (Wildman–Crippen MR) is 34.6 cm³/mol. The fraction of sp³-hybridized carbons (Fsp3) is 0.250. The van der Waals surface area contributed by atoms with Crippen LogP contribution in [0.4, 0.5) is 0 Å². The summed E-state index contributed by atoms with van der Waals surface area (Å²) >= 11 is 1.68. The summed E-state index contributed by atoms with van der Waals surface area (Å²) in [6, 6.07) is 0. The summed E-state index contributed by atoms with van der Waals surface area (Å²) in [5, 5.41) is 12.3. The number of nitrogens with zero attached hydrogens (tertiary/aromatic N) is 4. The van der Waals surface area contributed by atoms with Crippen LogP contribution in [0, 0.1) is 0 Å². The average molecular weight is 140 g/mol. The van der Waals surface area contributed by atoms with Crippen molar-refractivity contribution < 1.29 is 0 Å². The van der Waals surface area contributed by atoms with Crippen LogP contribution in [0.2, 0.25) is 0 Å². The normalized spacial score (nSPS) is 15.6. The molecule has 0 aliphatic carbocycles. The molecule has 0 aromatic carbocycles. The van der Waals surface area contributed by atoms with Crippen LogP contribution in [-0.2, 0) is 0 Å². The Morgan fingerprint density at radius 1 is 1.67 bits per heavy atom. The summed E-state index contributed by atoms with van der Waals surface area (Å²) < 4.78 is 0. The smallest absolute Gasteiger partial charge is 0.141 e. The van der Waals surface area contributed by atoms with Gasteiger partial charge in [-0.15, -0.1) is 9.89 Å². The number of thioether (sulfide) groups is 1. The van der Waals surface area contributed by atoms with Crippen molar-refractivity contribution in [1.29, 1.82) is 0 Å². The van der Waals surface area contributed by atoms with Gasteiger partial charge in [0.25, 0.3) is 0 Å². The van der Waals surface area contributed by atoms with E-state index in [1.54, 1.807) is 18.0 Å². The quantitative estimate of drug-likeness (QED) is 0.517. The molecule has 0 spiro atoms. The fourth-order valence-corrected chi connectivity index (χ4v) is 1.26. The molecule has 46 valence electrons. The number of hydrogen-bond donors (Lipinski definition) is 0. The Morgan fingerprint density at radius 2 is 2.67 bits per heavy atom. The van der Waals surface area contributed by atoms with E-state index in [2.05, 4.69) is 15.4 Å². The van der Waals surface area contributed by atoms with Gasteiger partial charge in [0.1, 0.15) is 5.03 Å². The molecule has 0 saturated carbocycles. The van der Waals surface area contributed by atoms with E-state index >= 15 is 0 Å². The molecule has 2 rings (SSSR count). The molecule has 0 atom stereocenters. The zero-order valence-corrected chi connectivity index (χ0v) is 5.38. The first-order valence-corrected chi connectivity index (χ1v) is 3.52. The second-order valence-electron chi connectivity index (χ2n) is 1.57. The maximum atomic E-state index is 3.95. The third-order valence-corrected chi connectivity index (χ3v) is 1.88. The average Bonchev–Trinajstić information content (AvgIpc) is 2.33. The first-order valence-electron chi connectivity index (χ1n) is 2.53. The Morgan fingerprint density at radius 3 is 3.56 bits per heavy atom. The van der Waals surface area contributed by atoms with Gasteiger partial charge >= 0.3 is 0 Å². The monoisotopic (exact) mass is 140 g/mol. The number of aromatic nitrogens is 3. The van der Waals surface area contributed by atoms with Crippen molar-refractivity contribution in [3.63, 3.8) is 0 Å². The molecule has 1 aromatic rings. The summed E-state index contributed by atoms with van der Waals surface area (Å²) in [6.07, 6.45) is 3.52. The third-order valence-electron chi connectivity index (χ3n) is 0.998. The molecule has 2 heterocycles. The molecule has 0 radical (unpaired) electrons. The molecule has 0 amide bonds. The lowest BCUT2D eigenvalue weighted by Crippen LogP contribution is -2.00. The summed E-state index contributed by atoms with van der Waals surface area (Å²) in [7, 11) is 0. The summed E-state index contributed by atoms with van der Waals surface area (Å²) in [5.41, 5.74) is 0. The second-order valence-corrected chi connectivity index (χ2v) is 2.61. The molecule has 0 N–H and O–H groups in total. The Bertz CT molecular complexity index is 240. The summed E-state index contributed by atoms with van der Waals surface area (Å²) in [4.78, 5) is 1.52. The minimum Gasteiger partial charge on any atom is -0.160 e. The van der Waals surface area contributed by atoms with Gasteiger partial charge < -0.3 is 0 Å². The minimum absolute atomic E-state index is 0.924. The van der Waals surface area contributed by atoms with E-state index in [0.29, 0.717) is 0 Å². The van der Waals surface area contributed by atoms with Gasteiger partial charge in [0, 0.05) is 12.0 Å². The molecule has 0 fully saturated rings. The first kappa shape index (κ1) is 4.99. The van der Waals surface area contributed by atoms with E-state index < -0.39 is 0 Å². The van der Waals surface area contributed by atoms with Gasteiger partial charge in [-0.1, -0.05) is 11.8 Å². The van der Waals surface area contributed by atoms with Crippen molar-refractivity contribution in [2.45, 2.75) is 5.03 Å². The zero-order valence-electron chi connectivity index (χ0n) is 4.56. The predicted octanol–water partition coefficient (Wildman–Crippen LogP) is 0.218. The Balaban J connectivity index is 2.53. The molecule has 9 heavy (non-hydrogen) atoms. The largest absolute Gasteiger partial charge is 0.160 e. The van der Waals surface area contributed by atoms with E-state index in [1.165, 1.54) is 4.79 Å². The van der Waals surface area contributed by atoms with E-state index in [9.17, 15) is 0 Å². The van der Waals surface area contributed by atoms with Crippen LogP contribution in [0.15, 0.2) is 16.3 Å². The Hall–Kier alpha value is -0.840. The molecule has 0 bridgehead atoms. The molecule has 1 aliphatic rings. The van der Waals surface area contributed by atoms with E-state index in [4.69, 9.17) is 0 Å². The standard InChI is InChI=1S/C4H4N4S/c1-2-9-4-3-5-7-8(4)6-1/h1,3H,2H2. The summed E-state index contributed by atoms with van der Waals surface area (Å²) in [6.45, 7) is 0. The molecular weight excluding hydrogens is 136 g/mol. The lowest BCUT2D eigenvalue weighted by Gasteiger charge is -2.00. The highest BCUT2D eigenvalue weighted by molar-refractivity contribution is 7.99. The summed E-state index contributed by atoms with van der Waals surface area (Å²) in [5.74, 6) is 0.924. The van der Waals surface area contributed by atoms with Crippen LogP contribution >= 0.6 is 11.8 Å². The molecule has 0 saturated heterocycles. The van der Waals surface area contributed by atoms with E-state index in [0.717, 1.165) is 10.8 Å². The number of fused-ring (bicyclic) bond motifs is 1. The van der Waals surface area contributed by atoms with Crippen molar-refractivity contribution >= 4 is 18.0 Å². The second kappa shape index (κ2) is 1.84. The molecule has 5 heteroatoms. The number of rotatable bonds is 0. The van der Waals surface area contributed by atoms with E-state index in [-0.39, 0.29) is 0 Å². The van der Waals surface area contributed by atoms with Gasteiger partial charge in [0.15, 0.2) is 0 Å². The van der Waals surface area contributed by atoms with Crippen LogP contribution in [0.1, 0.15) is 0 Å². The van der Waals surface area contributed by atoms with Gasteiger partial charge in [-0.25, -0.2) is 0 Å². The van der Waals surface area contributed by atoms with Crippen molar-refractivity contribution in [2.75, 3.05) is 5.75 Å². The maximum absolute atomic E-state index is 3.95. The highest BCUT2D eigenvalue weighted by Gasteiger charge is 2.04. The molecule has 4 nitrogen and oxygen atoms in total.